The van der Waals surface area contributed by atoms with Gasteiger partial charge in [-0.25, -0.2) is 9.82 Å². The maximum Gasteiger partial charge on any atom is 0.124 e. The van der Waals surface area contributed by atoms with Gasteiger partial charge in [0.2, 0.25) is 0 Å². The van der Waals surface area contributed by atoms with Gasteiger partial charge in [-0.3, -0.25) is 5.84 Å². The van der Waals surface area contributed by atoms with Crippen LogP contribution in [0.15, 0.2) is 34.8 Å². The average Bonchev–Trinajstić information content (AvgIpc) is 2.44. The Morgan fingerprint density at radius 1 is 1.24 bits per heavy atom. The van der Waals surface area contributed by atoms with E-state index in [0.29, 0.717) is 0 Å². The van der Waals surface area contributed by atoms with E-state index in [4.69, 9.17) is 10.6 Å². The number of ether oxygens (including phenoxy) is 1. The summed E-state index contributed by atoms with van der Waals surface area (Å²) in [4.78, 5) is 0. The zero-order valence-corrected chi connectivity index (χ0v) is 13.8. The van der Waals surface area contributed by atoms with Crippen molar-refractivity contribution in [2.75, 3.05) is 7.11 Å². The van der Waals surface area contributed by atoms with Crippen LogP contribution in [0.1, 0.15) is 28.3 Å². The summed E-state index contributed by atoms with van der Waals surface area (Å²) in [5.74, 6) is 6.16. The highest BCUT2D eigenvalue weighted by atomic mass is 79.9. The van der Waals surface area contributed by atoms with E-state index < -0.39 is 0 Å². The van der Waals surface area contributed by atoms with Crippen molar-refractivity contribution in [3.63, 3.8) is 0 Å². The van der Waals surface area contributed by atoms with Crippen LogP contribution >= 0.6 is 15.9 Å². The van der Waals surface area contributed by atoms with Crippen molar-refractivity contribution in [3.8, 4) is 5.75 Å². The highest BCUT2D eigenvalue weighted by Crippen LogP contribution is 2.36. The molecule has 3 nitrogen and oxygen atoms in total. The predicted molar refractivity (Wildman–Crippen MR) is 85.7 cm³/mol. The van der Waals surface area contributed by atoms with Gasteiger partial charge in [0, 0.05) is 10.0 Å². The highest BCUT2D eigenvalue weighted by molar-refractivity contribution is 9.10. The van der Waals surface area contributed by atoms with Crippen LogP contribution < -0.4 is 16.0 Å². The largest absolute Gasteiger partial charge is 0.496 e. The van der Waals surface area contributed by atoms with Crippen LogP contribution in [0.5, 0.6) is 5.75 Å². The molecule has 0 bridgehead atoms. The van der Waals surface area contributed by atoms with Gasteiger partial charge >= 0.3 is 0 Å². The normalized spacial score (nSPS) is 12.3. The second kappa shape index (κ2) is 6.56. The van der Waals surface area contributed by atoms with Gasteiger partial charge in [0.15, 0.2) is 0 Å². The van der Waals surface area contributed by atoms with E-state index in [-0.39, 0.29) is 11.9 Å². The van der Waals surface area contributed by atoms with E-state index in [1.165, 1.54) is 12.1 Å². The lowest BCUT2D eigenvalue weighted by molar-refractivity contribution is 0.403. The lowest BCUT2D eigenvalue weighted by Gasteiger charge is -2.23. The van der Waals surface area contributed by atoms with E-state index in [0.717, 1.165) is 32.5 Å². The molecule has 0 amide bonds. The lowest BCUT2D eigenvalue weighted by atomic mass is 9.93. The molecule has 2 aromatic rings. The molecule has 0 spiro atoms. The van der Waals surface area contributed by atoms with Crippen LogP contribution in [-0.4, -0.2) is 7.11 Å². The lowest BCUT2D eigenvalue weighted by Crippen LogP contribution is -2.30. The standard InChI is InChI=1S/C16H18BrFN2O/c1-9-6-10(2)15(14(7-9)21-3)16(20-19)12-8-11(18)4-5-13(12)17/h4-8,16,20H,19H2,1-3H3. The van der Waals surface area contributed by atoms with Crippen LogP contribution in [0, 0.1) is 19.7 Å². The third kappa shape index (κ3) is 3.26. The molecule has 3 N–H and O–H groups in total. The maximum atomic E-state index is 13.6. The number of methoxy groups -OCH3 is 1. The summed E-state index contributed by atoms with van der Waals surface area (Å²) in [5.41, 5.74) is 6.52. The Balaban J connectivity index is 2.64. The summed E-state index contributed by atoms with van der Waals surface area (Å²) in [6.07, 6.45) is 0. The number of benzene rings is 2. The molecular formula is C16H18BrFN2O. The summed E-state index contributed by atoms with van der Waals surface area (Å²) in [5, 5.41) is 0. The molecular weight excluding hydrogens is 335 g/mol. The Hall–Kier alpha value is -1.43. The zero-order valence-electron chi connectivity index (χ0n) is 12.2. The zero-order chi connectivity index (χ0) is 15.6. The SMILES string of the molecule is COc1cc(C)cc(C)c1C(NN)c1cc(F)ccc1Br. The molecule has 0 aliphatic heterocycles. The minimum atomic E-state index is -0.370. The average molecular weight is 353 g/mol. The summed E-state index contributed by atoms with van der Waals surface area (Å²) in [6, 6.07) is 8.17. The molecule has 0 heterocycles. The molecule has 1 unspecified atom stereocenters. The minimum absolute atomic E-state index is 0.308. The molecule has 5 heteroatoms. The van der Waals surface area contributed by atoms with E-state index in [1.54, 1.807) is 13.2 Å². The van der Waals surface area contributed by atoms with Crippen LogP contribution in [0.25, 0.3) is 0 Å². The number of hydrazine groups is 1. The van der Waals surface area contributed by atoms with Crippen LogP contribution in [-0.2, 0) is 0 Å². The number of nitrogens with one attached hydrogen (secondary N) is 1. The molecule has 0 aliphatic carbocycles. The van der Waals surface area contributed by atoms with Crippen molar-refractivity contribution < 1.29 is 9.13 Å². The molecule has 1 atom stereocenters. The number of aryl methyl sites for hydroxylation is 2. The van der Waals surface area contributed by atoms with Crippen molar-refractivity contribution in [2.24, 2.45) is 5.84 Å². The second-order valence-corrected chi connectivity index (χ2v) is 5.82. The third-order valence-electron chi connectivity index (χ3n) is 3.44. The first-order valence-corrected chi connectivity index (χ1v) is 7.33. The molecule has 0 radical (unpaired) electrons. The Labute approximate surface area is 132 Å². The first-order valence-electron chi connectivity index (χ1n) is 6.54. The van der Waals surface area contributed by atoms with Crippen molar-refractivity contribution in [1.82, 2.24) is 5.43 Å². The van der Waals surface area contributed by atoms with Gasteiger partial charge in [0.1, 0.15) is 11.6 Å². The van der Waals surface area contributed by atoms with Crippen LogP contribution in [0.2, 0.25) is 0 Å². The van der Waals surface area contributed by atoms with Gasteiger partial charge in [-0.2, -0.15) is 0 Å². The fourth-order valence-electron chi connectivity index (χ4n) is 2.54. The molecule has 0 aromatic heterocycles. The molecule has 0 saturated heterocycles. The molecule has 112 valence electrons. The molecule has 21 heavy (non-hydrogen) atoms. The number of nitrogens with two attached hydrogens (primary N) is 1. The van der Waals surface area contributed by atoms with Gasteiger partial charge < -0.3 is 4.74 Å². The van der Waals surface area contributed by atoms with Gasteiger partial charge in [-0.15, -0.1) is 0 Å². The summed E-state index contributed by atoms with van der Waals surface area (Å²) in [7, 11) is 1.62. The van der Waals surface area contributed by atoms with E-state index in [1.807, 2.05) is 19.9 Å². The fraction of sp³-hybridized carbons (Fsp3) is 0.250. The van der Waals surface area contributed by atoms with Crippen molar-refractivity contribution in [1.29, 1.82) is 0 Å². The Morgan fingerprint density at radius 3 is 2.57 bits per heavy atom. The number of rotatable bonds is 4. The molecule has 2 aromatic carbocycles. The van der Waals surface area contributed by atoms with E-state index >= 15 is 0 Å². The number of hydrogen-bond acceptors (Lipinski definition) is 3. The Kier molecular flexibility index (Phi) is 4.98. The van der Waals surface area contributed by atoms with Gasteiger partial charge in [-0.1, -0.05) is 22.0 Å². The first-order chi connectivity index (χ1) is 9.97. The predicted octanol–water partition coefficient (Wildman–Crippen LogP) is 3.77. The summed E-state index contributed by atoms with van der Waals surface area (Å²) < 4.78 is 19.8. The number of halogens is 2. The highest BCUT2D eigenvalue weighted by Gasteiger charge is 2.22. The fourth-order valence-corrected chi connectivity index (χ4v) is 3.02. The molecule has 2 rings (SSSR count). The minimum Gasteiger partial charge on any atom is -0.496 e. The second-order valence-electron chi connectivity index (χ2n) is 4.96. The monoisotopic (exact) mass is 352 g/mol. The summed E-state index contributed by atoms with van der Waals surface area (Å²) in [6.45, 7) is 3.99. The van der Waals surface area contributed by atoms with Crippen molar-refractivity contribution in [2.45, 2.75) is 19.9 Å². The first kappa shape index (κ1) is 15.9. The van der Waals surface area contributed by atoms with E-state index in [9.17, 15) is 4.39 Å². The molecule has 0 saturated carbocycles. The maximum absolute atomic E-state index is 13.6. The molecule has 0 fully saturated rings. The Bertz CT molecular complexity index is 661. The van der Waals surface area contributed by atoms with E-state index in [2.05, 4.69) is 27.4 Å². The van der Waals surface area contributed by atoms with Crippen LogP contribution in [0.3, 0.4) is 0 Å². The van der Waals surface area contributed by atoms with Crippen molar-refractivity contribution in [3.05, 3.63) is 62.9 Å². The topological polar surface area (TPSA) is 47.3 Å². The Morgan fingerprint density at radius 2 is 1.95 bits per heavy atom. The number of hydrogen-bond donors (Lipinski definition) is 2. The molecule has 0 aliphatic rings. The summed E-state index contributed by atoms with van der Waals surface area (Å²) >= 11 is 3.45. The quantitative estimate of drug-likeness (QED) is 0.650. The smallest absolute Gasteiger partial charge is 0.124 e. The van der Waals surface area contributed by atoms with Gasteiger partial charge in [0.05, 0.1) is 13.2 Å². The van der Waals surface area contributed by atoms with Crippen LogP contribution in [0.4, 0.5) is 4.39 Å². The van der Waals surface area contributed by atoms with Gasteiger partial charge in [-0.05, 0) is 54.8 Å². The third-order valence-corrected chi connectivity index (χ3v) is 4.16. The van der Waals surface area contributed by atoms with Gasteiger partial charge in [0.25, 0.3) is 0 Å². The van der Waals surface area contributed by atoms with Crippen molar-refractivity contribution >= 4 is 15.9 Å².